The quantitative estimate of drug-likeness (QED) is 0.168. The number of hydrogen-bond acceptors (Lipinski definition) is 4. The molecule has 0 bridgehead atoms. The molecule has 0 aliphatic carbocycles. The van der Waals surface area contributed by atoms with Crippen molar-refractivity contribution in [2.75, 3.05) is 0 Å². The molecule has 0 aliphatic rings. The van der Waals surface area contributed by atoms with Crippen molar-refractivity contribution in [3.63, 3.8) is 0 Å². The van der Waals surface area contributed by atoms with Crippen LogP contribution in [-0.2, 0) is 0 Å². The zero-order chi connectivity index (χ0) is 36.3. The van der Waals surface area contributed by atoms with E-state index in [4.69, 9.17) is 19.4 Å². The normalized spacial score (nSPS) is 11.6. The topological polar surface area (TPSA) is 51.8 Å². The Morgan fingerprint density at radius 2 is 0.891 bits per heavy atom. The number of para-hydroxylation sites is 1. The van der Waals surface area contributed by atoms with E-state index in [0.29, 0.717) is 17.5 Å². The number of aromatic nitrogens is 3. The molecule has 0 N–H and O–H groups in total. The first-order chi connectivity index (χ1) is 27.2. The lowest BCUT2D eigenvalue weighted by Gasteiger charge is -2.14. The lowest BCUT2D eigenvalue weighted by atomic mass is 9.93. The standard InChI is InChI=1S/C51H31N3O/c1-3-13-33(14-4-1)42-28-29-45-46(44-21-11-20-43(48(44)55-45)34-15-5-2-6-16-34)47(42)51-53-49(38-25-22-32-12-7-8-18-36(32)30-38)52-50(54-51)39-26-27-41-37(31-39)24-23-35-17-9-10-19-40(35)41/h1-31H. The van der Waals surface area contributed by atoms with Crippen LogP contribution >= 0.6 is 0 Å². The van der Waals surface area contributed by atoms with Crippen LogP contribution in [0.5, 0.6) is 0 Å². The molecule has 9 aromatic carbocycles. The van der Waals surface area contributed by atoms with E-state index in [1.165, 1.54) is 16.2 Å². The predicted molar refractivity (Wildman–Crippen MR) is 227 cm³/mol. The summed E-state index contributed by atoms with van der Waals surface area (Å²) in [4.78, 5) is 15.9. The van der Waals surface area contributed by atoms with Crippen molar-refractivity contribution in [2.45, 2.75) is 0 Å². The third-order valence-electron chi connectivity index (χ3n) is 10.7. The SMILES string of the molecule is c1ccc(-c2ccc3oc4c(-c5ccccc5)cccc4c3c2-c2nc(-c3ccc4ccccc4c3)nc(-c3ccc4c(ccc5ccccc54)c3)n2)cc1. The van der Waals surface area contributed by atoms with E-state index in [1.807, 2.05) is 12.1 Å². The summed E-state index contributed by atoms with van der Waals surface area (Å²) in [7, 11) is 0. The Morgan fingerprint density at radius 3 is 1.67 bits per heavy atom. The van der Waals surface area contributed by atoms with E-state index >= 15 is 0 Å². The third kappa shape index (κ3) is 5.26. The molecule has 0 spiro atoms. The molecule has 11 aromatic rings. The second kappa shape index (κ2) is 12.6. The van der Waals surface area contributed by atoms with Crippen LogP contribution in [0.4, 0.5) is 0 Å². The smallest absolute Gasteiger partial charge is 0.165 e. The van der Waals surface area contributed by atoms with Crippen LogP contribution in [-0.4, -0.2) is 15.0 Å². The zero-order valence-electron chi connectivity index (χ0n) is 29.6. The summed E-state index contributed by atoms with van der Waals surface area (Å²) in [6.45, 7) is 0. The van der Waals surface area contributed by atoms with Crippen molar-refractivity contribution in [1.82, 2.24) is 15.0 Å². The Morgan fingerprint density at radius 1 is 0.327 bits per heavy atom. The summed E-state index contributed by atoms with van der Waals surface area (Å²) in [6.07, 6.45) is 0. The Kier molecular flexibility index (Phi) is 7.14. The van der Waals surface area contributed by atoms with E-state index in [1.54, 1.807) is 0 Å². The lowest BCUT2D eigenvalue weighted by molar-refractivity contribution is 0.670. The van der Waals surface area contributed by atoms with Crippen LogP contribution in [0.25, 0.3) is 111 Å². The van der Waals surface area contributed by atoms with Crippen LogP contribution in [0.3, 0.4) is 0 Å². The molecule has 0 saturated carbocycles. The highest BCUT2D eigenvalue weighted by molar-refractivity contribution is 6.17. The summed E-state index contributed by atoms with van der Waals surface area (Å²) in [5.74, 6) is 1.80. The second-order valence-electron chi connectivity index (χ2n) is 14.0. The predicted octanol–water partition coefficient (Wildman–Crippen LogP) is 13.6. The minimum absolute atomic E-state index is 0.587. The Bertz CT molecular complexity index is 3260. The molecule has 2 heterocycles. The van der Waals surface area contributed by atoms with Gasteiger partial charge in [-0.05, 0) is 73.3 Å². The maximum absolute atomic E-state index is 6.78. The molecule has 0 unspecified atom stereocenters. The number of rotatable bonds is 5. The number of nitrogens with zero attached hydrogens (tertiary/aromatic N) is 3. The summed E-state index contributed by atoms with van der Waals surface area (Å²) in [5.41, 5.74) is 8.59. The van der Waals surface area contributed by atoms with E-state index in [2.05, 4.69) is 176 Å². The lowest BCUT2D eigenvalue weighted by Crippen LogP contribution is -2.01. The van der Waals surface area contributed by atoms with Crippen molar-refractivity contribution in [2.24, 2.45) is 0 Å². The molecular weight excluding hydrogens is 671 g/mol. The van der Waals surface area contributed by atoms with Crippen molar-refractivity contribution in [3.8, 4) is 56.4 Å². The average Bonchev–Trinajstić information content (AvgIpc) is 3.65. The monoisotopic (exact) mass is 701 g/mol. The van der Waals surface area contributed by atoms with Gasteiger partial charge in [0.05, 0.1) is 0 Å². The maximum Gasteiger partial charge on any atom is 0.165 e. The van der Waals surface area contributed by atoms with E-state index in [9.17, 15) is 0 Å². The maximum atomic E-state index is 6.78. The van der Waals surface area contributed by atoms with Crippen LogP contribution < -0.4 is 0 Å². The Hall–Kier alpha value is -7.43. The van der Waals surface area contributed by atoms with Crippen LogP contribution in [0.2, 0.25) is 0 Å². The minimum Gasteiger partial charge on any atom is -0.455 e. The fourth-order valence-corrected chi connectivity index (χ4v) is 8.05. The molecule has 0 aliphatic heterocycles. The molecule has 11 rings (SSSR count). The van der Waals surface area contributed by atoms with Gasteiger partial charge in [0, 0.05) is 33.0 Å². The van der Waals surface area contributed by atoms with Gasteiger partial charge in [0.25, 0.3) is 0 Å². The number of fused-ring (bicyclic) bond motifs is 7. The summed E-state index contributed by atoms with van der Waals surface area (Å²) in [5, 5.41) is 9.04. The molecule has 0 radical (unpaired) electrons. The molecule has 0 amide bonds. The number of benzene rings is 9. The van der Waals surface area contributed by atoms with E-state index in [-0.39, 0.29) is 0 Å². The van der Waals surface area contributed by atoms with Crippen LogP contribution in [0, 0.1) is 0 Å². The third-order valence-corrected chi connectivity index (χ3v) is 10.7. The van der Waals surface area contributed by atoms with Crippen molar-refractivity contribution in [1.29, 1.82) is 0 Å². The van der Waals surface area contributed by atoms with E-state index < -0.39 is 0 Å². The first-order valence-electron chi connectivity index (χ1n) is 18.5. The average molecular weight is 702 g/mol. The van der Waals surface area contributed by atoms with Crippen molar-refractivity contribution < 1.29 is 4.42 Å². The zero-order valence-corrected chi connectivity index (χ0v) is 29.6. The summed E-state index contributed by atoms with van der Waals surface area (Å²) < 4.78 is 6.78. The first kappa shape index (κ1) is 31.1. The molecule has 0 fully saturated rings. The van der Waals surface area contributed by atoms with Gasteiger partial charge in [-0.3, -0.25) is 0 Å². The van der Waals surface area contributed by atoms with Gasteiger partial charge in [0.1, 0.15) is 11.2 Å². The van der Waals surface area contributed by atoms with Gasteiger partial charge < -0.3 is 4.42 Å². The first-order valence-corrected chi connectivity index (χ1v) is 18.5. The highest BCUT2D eigenvalue weighted by Gasteiger charge is 2.23. The van der Waals surface area contributed by atoms with Crippen molar-refractivity contribution in [3.05, 3.63) is 188 Å². The largest absolute Gasteiger partial charge is 0.455 e. The summed E-state index contributed by atoms with van der Waals surface area (Å²) >= 11 is 0. The van der Waals surface area contributed by atoms with Crippen LogP contribution in [0.1, 0.15) is 0 Å². The van der Waals surface area contributed by atoms with Gasteiger partial charge in [0.2, 0.25) is 0 Å². The molecule has 0 saturated heterocycles. The molecule has 2 aromatic heterocycles. The number of furan rings is 1. The second-order valence-corrected chi connectivity index (χ2v) is 14.0. The fourth-order valence-electron chi connectivity index (χ4n) is 8.05. The molecule has 4 heteroatoms. The summed E-state index contributed by atoms with van der Waals surface area (Å²) in [6, 6.07) is 65.7. The Balaban J connectivity index is 1.22. The van der Waals surface area contributed by atoms with Gasteiger partial charge in [-0.25, -0.2) is 15.0 Å². The van der Waals surface area contributed by atoms with Gasteiger partial charge in [-0.2, -0.15) is 0 Å². The van der Waals surface area contributed by atoms with Gasteiger partial charge >= 0.3 is 0 Å². The Labute approximate surface area is 317 Å². The molecule has 55 heavy (non-hydrogen) atoms. The fraction of sp³-hybridized carbons (Fsp3) is 0. The molecule has 4 nitrogen and oxygen atoms in total. The van der Waals surface area contributed by atoms with E-state index in [0.717, 1.165) is 77.0 Å². The van der Waals surface area contributed by atoms with Crippen LogP contribution in [0.15, 0.2) is 192 Å². The highest BCUT2D eigenvalue weighted by Crippen LogP contribution is 2.44. The number of hydrogen-bond donors (Lipinski definition) is 0. The molecule has 256 valence electrons. The van der Waals surface area contributed by atoms with Gasteiger partial charge in [-0.1, -0.05) is 164 Å². The van der Waals surface area contributed by atoms with Gasteiger partial charge in [0.15, 0.2) is 17.5 Å². The molecular formula is C51H31N3O. The minimum atomic E-state index is 0.587. The molecule has 0 atom stereocenters. The van der Waals surface area contributed by atoms with Crippen molar-refractivity contribution >= 4 is 54.3 Å². The highest BCUT2D eigenvalue weighted by atomic mass is 16.3. The van der Waals surface area contributed by atoms with Gasteiger partial charge in [-0.15, -0.1) is 0 Å².